The number of likely N-dealkylation sites (tertiary alicyclic amines) is 1. The van der Waals surface area contributed by atoms with E-state index in [0.717, 1.165) is 30.4 Å². The number of alkyl halides is 2. The standard InChI is InChI=1S/C25H27F3N2O2S.CH5N/c26-12-25(14-32-15-25)23(31)30-13-24(9-10-24)22(29-33-16-27)20(30)11-18-7-4-8-19(21(18)28)17-5-2-1-3-6-17;1-2/h1-8,20,22,29H,9-16H2;2H2,1H3. The molecule has 1 aliphatic carbocycles. The number of ether oxygens (including phenoxy) is 1. The lowest BCUT2D eigenvalue weighted by Crippen LogP contribution is -2.59. The van der Waals surface area contributed by atoms with Gasteiger partial charge >= 0.3 is 0 Å². The maximum Gasteiger partial charge on any atom is 0.236 e. The van der Waals surface area contributed by atoms with E-state index < -0.39 is 24.1 Å². The Bertz CT molecular complexity index is 1010. The molecule has 190 valence electrons. The number of nitrogens with zero attached hydrogens (tertiary/aromatic N) is 1. The van der Waals surface area contributed by atoms with Crippen LogP contribution in [-0.4, -0.2) is 62.4 Å². The minimum absolute atomic E-state index is 0.0632. The van der Waals surface area contributed by atoms with Gasteiger partial charge in [0.25, 0.3) is 0 Å². The fraction of sp³-hybridized carbons (Fsp3) is 0.500. The van der Waals surface area contributed by atoms with Gasteiger partial charge in [-0.1, -0.05) is 48.5 Å². The fourth-order valence-electron chi connectivity index (χ4n) is 5.26. The van der Waals surface area contributed by atoms with Crippen molar-refractivity contribution in [3.05, 3.63) is 59.9 Å². The number of hydrogen-bond acceptors (Lipinski definition) is 5. The molecule has 2 atom stereocenters. The van der Waals surface area contributed by atoms with Crippen molar-refractivity contribution in [2.75, 3.05) is 39.5 Å². The molecule has 2 aromatic carbocycles. The third-order valence-electron chi connectivity index (χ3n) is 7.41. The van der Waals surface area contributed by atoms with E-state index in [2.05, 4.69) is 10.5 Å². The van der Waals surface area contributed by atoms with Crippen LogP contribution in [0.15, 0.2) is 48.5 Å². The van der Waals surface area contributed by atoms with Crippen LogP contribution in [0.25, 0.3) is 11.1 Å². The van der Waals surface area contributed by atoms with Crippen molar-refractivity contribution >= 4 is 17.9 Å². The number of rotatable bonds is 8. The van der Waals surface area contributed by atoms with Crippen LogP contribution >= 0.6 is 11.9 Å². The zero-order valence-electron chi connectivity index (χ0n) is 19.8. The highest BCUT2D eigenvalue weighted by Crippen LogP contribution is 2.56. The Morgan fingerprint density at radius 2 is 1.86 bits per heavy atom. The van der Waals surface area contributed by atoms with Gasteiger partial charge in [-0.15, -0.1) is 0 Å². The number of amides is 1. The number of nitrogens with one attached hydrogen (secondary N) is 1. The first-order valence-corrected chi connectivity index (χ1v) is 12.8. The molecule has 9 heteroatoms. The normalized spacial score (nSPS) is 23.4. The van der Waals surface area contributed by atoms with Crippen LogP contribution in [-0.2, 0) is 16.0 Å². The first-order chi connectivity index (χ1) is 17.0. The van der Waals surface area contributed by atoms with E-state index in [1.54, 1.807) is 17.0 Å². The van der Waals surface area contributed by atoms with E-state index in [9.17, 15) is 13.6 Å². The van der Waals surface area contributed by atoms with E-state index in [0.29, 0.717) is 17.7 Å². The van der Waals surface area contributed by atoms with E-state index in [1.165, 1.54) is 7.05 Å². The van der Waals surface area contributed by atoms with Crippen molar-refractivity contribution in [3.63, 3.8) is 0 Å². The first kappa shape index (κ1) is 26.0. The molecule has 2 saturated heterocycles. The highest BCUT2D eigenvalue weighted by molar-refractivity contribution is 7.97. The number of hydrogen-bond donors (Lipinski definition) is 2. The number of halogens is 3. The molecule has 3 N–H and O–H groups in total. The van der Waals surface area contributed by atoms with Crippen molar-refractivity contribution in [1.29, 1.82) is 0 Å². The molecule has 2 heterocycles. The molecule has 5 rings (SSSR count). The predicted octanol–water partition coefficient (Wildman–Crippen LogP) is 4.12. The summed E-state index contributed by atoms with van der Waals surface area (Å²) >= 11 is 0.966. The van der Waals surface area contributed by atoms with Gasteiger partial charge in [0.05, 0.1) is 19.3 Å². The second-order valence-corrected chi connectivity index (χ2v) is 10.2. The van der Waals surface area contributed by atoms with Crippen LogP contribution in [0.1, 0.15) is 18.4 Å². The minimum atomic E-state index is -1.15. The van der Waals surface area contributed by atoms with Gasteiger partial charge in [-0.2, -0.15) is 0 Å². The summed E-state index contributed by atoms with van der Waals surface area (Å²) in [6.07, 6.45) is 2.08. The number of benzene rings is 2. The number of carbonyl (C=O) groups excluding carboxylic acids is 1. The summed E-state index contributed by atoms with van der Waals surface area (Å²) in [7, 11) is 1.50. The SMILES string of the molecule is CN.O=C(N1CC2(CC2)C(NSCF)C1Cc1cccc(-c2ccccc2)c1F)C1(CF)COC1. The zero-order chi connectivity index (χ0) is 25.1. The quantitative estimate of drug-likeness (QED) is 0.527. The summed E-state index contributed by atoms with van der Waals surface area (Å²) < 4.78 is 51.0. The van der Waals surface area contributed by atoms with E-state index in [4.69, 9.17) is 4.74 Å². The number of carbonyl (C=O) groups is 1. The van der Waals surface area contributed by atoms with Gasteiger partial charge in [-0.05, 0) is 49.4 Å². The van der Waals surface area contributed by atoms with Gasteiger partial charge in [-0.3, -0.25) is 9.52 Å². The van der Waals surface area contributed by atoms with Crippen molar-refractivity contribution in [3.8, 4) is 11.1 Å². The van der Waals surface area contributed by atoms with Gasteiger partial charge in [0, 0.05) is 23.6 Å². The molecule has 2 aromatic rings. The monoisotopic (exact) mass is 507 g/mol. The molecule has 2 unspecified atom stereocenters. The third-order valence-corrected chi connectivity index (χ3v) is 7.94. The second-order valence-electron chi connectivity index (χ2n) is 9.47. The van der Waals surface area contributed by atoms with Gasteiger partial charge in [0.1, 0.15) is 23.9 Å². The molecule has 1 spiro atoms. The highest BCUT2D eigenvalue weighted by atomic mass is 32.2. The predicted molar refractivity (Wildman–Crippen MR) is 133 cm³/mol. The van der Waals surface area contributed by atoms with Gasteiger partial charge in [-0.25, -0.2) is 13.2 Å². The van der Waals surface area contributed by atoms with Gasteiger partial charge in [0.15, 0.2) is 0 Å². The summed E-state index contributed by atoms with van der Waals surface area (Å²) in [6, 6.07) is 13.4. The summed E-state index contributed by atoms with van der Waals surface area (Å²) in [5.74, 6) is -0.599. The van der Waals surface area contributed by atoms with Crippen molar-refractivity contribution in [2.24, 2.45) is 16.6 Å². The lowest BCUT2D eigenvalue weighted by Gasteiger charge is -2.42. The van der Waals surface area contributed by atoms with Crippen LogP contribution < -0.4 is 10.5 Å². The molecule has 0 bridgehead atoms. The molecule has 1 saturated carbocycles. The molecule has 1 amide bonds. The maximum absolute atomic E-state index is 15.6. The van der Waals surface area contributed by atoms with E-state index in [-0.39, 0.29) is 42.8 Å². The second kappa shape index (κ2) is 10.9. The lowest BCUT2D eigenvalue weighted by molar-refractivity contribution is -0.176. The molecule has 2 aliphatic heterocycles. The molecular weight excluding hydrogens is 475 g/mol. The Morgan fingerprint density at radius 1 is 1.14 bits per heavy atom. The minimum Gasteiger partial charge on any atom is -0.379 e. The molecule has 0 aromatic heterocycles. The topological polar surface area (TPSA) is 67.6 Å². The fourth-order valence-corrected chi connectivity index (χ4v) is 5.91. The Kier molecular flexibility index (Phi) is 8.10. The zero-order valence-corrected chi connectivity index (χ0v) is 20.6. The average Bonchev–Trinajstić information content (AvgIpc) is 3.58. The molecule has 3 fully saturated rings. The van der Waals surface area contributed by atoms with Crippen LogP contribution in [0.5, 0.6) is 0 Å². The summed E-state index contributed by atoms with van der Waals surface area (Å²) in [6.45, 7) is -0.179. The summed E-state index contributed by atoms with van der Waals surface area (Å²) in [4.78, 5) is 15.2. The molecule has 3 aliphatic rings. The Hall–Kier alpha value is -2.07. The Morgan fingerprint density at radius 3 is 2.43 bits per heavy atom. The van der Waals surface area contributed by atoms with Crippen LogP contribution in [0.2, 0.25) is 0 Å². The third kappa shape index (κ3) is 4.83. The van der Waals surface area contributed by atoms with Gasteiger partial charge < -0.3 is 15.4 Å². The largest absolute Gasteiger partial charge is 0.379 e. The number of nitrogens with two attached hydrogens (primary N) is 1. The highest BCUT2D eigenvalue weighted by Gasteiger charge is 2.63. The van der Waals surface area contributed by atoms with Crippen molar-refractivity contribution in [1.82, 2.24) is 9.62 Å². The van der Waals surface area contributed by atoms with E-state index in [1.807, 2.05) is 36.4 Å². The molecule has 5 nitrogen and oxygen atoms in total. The first-order valence-electron chi connectivity index (χ1n) is 11.8. The van der Waals surface area contributed by atoms with Crippen molar-refractivity contribution in [2.45, 2.75) is 31.3 Å². The maximum atomic E-state index is 15.6. The average molecular weight is 508 g/mol. The molecule has 35 heavy (non-hydrogen) atoms. The Balaban J connectivity index is 0.00000141. The van der Waals surface area contributed by atoms with Crippen molar-refractivity contribution < 1.29 is 22.7 Å². The smallest absolute Gasteiger partial charge is 0.236 e. The van der Waals surface area contributed by atoms with Crippen LogP contribution in [0.4, 0.5) is 13.2 Å². The Labute approximate surface area is 208 Å². The van der Waals surface area contributed by atoms with Crippen LogP contribution in [0.3, 0.4) is 0 Å². The van der Waals surface area contributed by atoms with Gasteiger partial charge in [0.2, 0.25) is 5.91 Å². The lowest BCUT2D eigenvalue weighted by atomic mass is 9.85. The molecular formula is C26H32F3N3O2S. The summed E-state index contributed by atoms with van der Waals surface area (Å²) in [5, 5.41) is 0. The van der Waals surface area contributed by atoms with E-state index >= 15 is 4.39 Å². The molecule has 0 radical (unpaired) electrons. The summed E-state index contributed by atoms with van der Waals surface area (Å²) in [5.41, 5.74) is 4.95. The van der Waals surface area contributed by atoms with Crippen LogP contribution in [0, 0.1) is 16.6 Å².